The summed E-state index contributed by atoms with van der Waals surface area (Å²) in [5, 5.41) is 15.8. The summed E-state index contributed by atoms with van der Waals surface area (Å²) in [7, 11) is 0. The number of rotatable bonds is 3. The van der Waals surface area contributed by atoms with Gasteiger partial charge in [0, 0.05) is 10.7 Å². The minimum Gasteiger partial charge on any atom is -0.478 e. The SMILES string of the molecule is Cc1ccsc1-c1nn(-c2cccc(Br)c2)cc1C(=O)O. The second kappa shape index (κ2) is 5.46. The average Bonchev–Trinajstić information content (AvgIpc) is 3.04. The molecule has 0 amide bonds. The Labute approximate surface area is 133 Å². The third-order valence-corrected chi connectivity index (χ3v) is 4.61. The van der Waals surface area contributed by atoms with Crippen LogP contribution in [0.2, 0.25) is 0 Å². The molecule has 0 atom stereocenters. The molecule has 0 aliphatic heterocycles. The molecule has 0 bridgehead atoms. The van der Waals surface area contributed by atoms with Gasteiger partial charge in [-0.15, -0.1) is 11.3 Å². The Morgan fingerprint density at radius 2 is 2.19 bits per heavy atom. The van der Waals surface area contributed by atoms with Crippen molar-refractivity contribution in [2.75, 3.05) is 0 Å². The monoisotopic (exact) mass is 362 g/mol. The Kier molecular flexibility index (Phi) is 3.65. The van der Waals surface area contributed by atoms with Gasteiger partial charge in [-0.3, -0.25) is 0 Å². The zero-order chi connectivity index (χ0) is 15.0. The van der Waals surface area contributed by atoms with E-state index in [4.69, 9.17) is 0 Å². The number of carboxylic acid groups (broad SMARTS) is 1. The Hall–Kier alpha value is -1.92. The lowest BCUT2D eigenvalue weighted by Crippen LogP contribution is -1.96. The lowest BCUT2D eigenvalue weighted by atomic mass is 10.2. The van der Waals surface area contributed by atoms with Crippen molar-refractivity contribution in [3.8, 4) is 16.3 Å². The first-order valence-corrected chi connectivity index (χ1v) is 7.87. The van der Waals surface area contributed by atoms with Crippen LogP contribution in [0.5, 0.6) is 0 Å². The van der Waals surface area contributed by atoms with E-state index in [0.29, 0.717) is 5.69 Å². The Balaban J connectivity index is 2.18. The number of hydrogen-bond acceptors (Lipinski definition) is 3. The third-order valence-electron chi connectivity index (χ3n) is 3.09. The second-order valence-electron chi connectivity index (χ2n) is 4.55. The van der Waals surface area contributed by atoms with Gasteiger partial charge in [0.25, 0.3) is 0 Å². The zero-order valence-corrected chi connectivity index (χ0v) is 13.5. The molecular weight excluding hydrogens is 352 g/mol. The zero-order valence-electron chi connectivity index (χ0n) is 11.1. The number of aromatic nitrogens is 2. The molecule has 0 spiro atoms. The number of thiophene rings is 1. The molecule has 0 unspecified atom stereocenters. The van der Waals surface area contributed by atoms with E-state index in [-0.39, 0.29) is 5.56 Å². The van der Waals surface area contributed by atoms with Crippen molar-refractivity contribution in [3.63, 3.8) is 0 Å². The van der Waals surface area contributed by atoms with Crippen LogP contribution in [0.3, 0.4) is 0 Å². The van der Waals surface area contributed by atoms with Crippen LogP contribution in [0.15, 0.2) is 46.4 Å². The molecule has 0 saturated heterocycles. The number of hydrogen-bond donors (Lipinski definition) is 1. The van der Waals surface area contributed by atoms with Crippen LogP contribution in [0, 0.1) is 6.92 Å². The van der Waals surface area contributed by atoms with Gasteiger partial charge in [-0.1, -0.05) is 22.0 Å². The number of aromatic carboxylic acids is 1. The minimum absolute atomic E-state index is 0.209. The van der Waals surface area contributed by atoms with E-state index in [2.05, 4.69) is 21.0 Å². The molecule has 0 fully saturated rings. The van der Waals surface area contributed by atoms with Gasteiger partial charge < -0.3 is 5.11 Å². The first-order valence-electron chi connectivity index (χ1n) is 6.19. The molecule has 6 heteroatoms. The van der Waals surface area contributed by atoms with E-state index in [9.17, 15) is 9.90 Å². The summed E-state index contributed by atoms with van der Waals surface area (Å²) >= 11 is 4.91. The van der Waals surface area contributed by atoms with Crippen LogP contribution >= 0.6 is 27.3 Å². The van der Waals surface area contributed by atoms with Crippen LogP contribution in [0.4, 0.5) is 0 Å². The molecule has 0 saturated carbocycles. The van der Waals surface area contributed by atoms with Crippen LogP contribution in [-0.4, -0.2) is 20.9 Å². The molecule has 2 aromatic heterocycles. The molecule has 1 N–H and O–H groups in total. The van der Waals surface area contributed by atoms with Gasteiger partial charge in [-0.25, -0.2) is 9.48 Å². The summed E-state index contributed by atoms with van der Waals surface area (Å²) in [5.41, 5.74) is 2.56. The van der Waals surface area contributed by atoms with Gasteiger partial charge in [0.05, 0.1) is 10.6 Å². The number of aryl methyl sites for hydroxylation is 1. The standard InChI is InChI=1S/C15H11BrN2O2S/c1-9-5-6-21-14(9)13-12(15(19)20)8-18(17-13)11-4-2-3-10(16)7-11/h2-8H,1H3,(H,19,20). The van der Waals surface area contributed by atoms with Gasteiger partial charge in [-0.05, 0) is 42.1 Å². The molecule has 3 rings (SSSR count). The third kappa shape index (κ3) is 2.64. The highest BCUT2D eigenvalue weighted by molar-refractivity contribution is 9.10. The Morgan fingerprint density at radius 3 is 2.81 bits per heavy atom. The van der Waals surface area contributed by atoms with Gasteiger partial charge in [-0.2, -0.15) is 5.10 Å². The largest absolute Gasteiger partial charge is 0.478 e. The van der Waals surface area contributed by atoms with E-state index in [1.165, 1.54) is 11.3 Å². The average molecular weight is 363 g/mol. The quantitative estimate of drug-likeness (QED) is 0.752. The molecule has 3 aromatic rings. The van der Waals surface area contributed by atoms with Crippen molar-refractivity contribution in [2.45, 2.75) is 6.92 Å². The summed E-state index contributed by atoms with van der Waals surface area (Å²) in [6.45, 7) is 1.95. The fourth-order valence-electron chi connectivity index (χ4n) is 2.06. The van der Waals surface area contributed by atoms with Crippen LogP contribution in [0.1, 0.15) is 15.9 Å². The van der Waals surface area contributed by atoms with Crippen molar-refractivity contribution < 1.29 is 9.90 Å². The molecule has 2 heterocycles. The molecule has 1 aromatic carbocycles. The van der Waals surface area contributed by atoms with Crippen molar-refractivity contribution in [1.82, 2.24) is 9.78 Å². The van der Waals surface area contributed by atoms with Crippen LogP contribution in [0.25, 0.3) is 16.3 Å². The fourth-order valence-corrected chi connectivity index (χ4v) is 3.38. The van der Waals surface area contributed by atoms with E-state index < -0.39 is 5.97 Å². The van der Waals surface area contributed by atoms with E-state index in [1.807, 2.05) is 42.6 Å². The van der Waals surface area contributed by atoms with E-state index in [1.54, 1.807) is 10.9 Å². The van der Waals surface area contributed by atoms with E-state index >= 15 is 0 Å². The smallest absolute Gasteiger partial charge is 0.339 e. The van der Waals surface area contributed by atoms with Gasteiger partial charge in [0.2, 0.25) is 0 Å². The number of carbonyl (C=O) groups is 1. The van der Waals surface area contributed by atoms with Crippen molar-refractivity contribution in [3.05, 3.63) is 57.5 Å². The summed E-state index contributed by atoms with van der Waals surface area (Å²) in [4.78, 5) is 12.4. The van der Waals surface area contributed by atoms with Crippen molar-refractivity contribution in [2.24, 2.45) is 0 Å². The second-order valence-corrected chi connectivity index (χ2v) is 6.39. The molecule has 0 radical (unpaired) electrons. The highest BCUT2D eigenvalue weighted by Gasteiger charge is 2.20. The van der Waals surface area contributed by atoms with Crippen LogP contribution < -0.4 is 0 Å². The maximum absolute atomic E-state index is 11.5. The minimum atomic E-state index is -0.973. The molecule has 106 valence electrons. The maximum atomic E-state index is 11.5. The van der Waals surface area contributed by atoms with Crippen molar-refractivity contribution >= 4 is 33.2 Å². The predicted octanol–water partition coefficient (Wildman–Crippen LogP) is 4.37. The predicted molar refractivity (Wildman–Crippen MR) is 86.3 cm³/mol. The van der Waals surface area contributed by atoms with Gasteiger partial charge in [0.1, 0.15) is 11.3 Å². The van der Waals surface area contributed by atoms with Crippen LogP contribution in [-0.2, 0) is 0 Å². The maximum Gasteiger partial charge on any atom is 0.339 e. The highest BCUT2D eigenvalue weighted by Crippen LogP contribution is 2.31. The number of carboxylic acids is 1. The first kappa shape index (κ1) is 14.0. The topological polar surface area (TPSA) is 55.1 Å². The lowest BCUT2D eigenvalue weighted by molar-refractivity contribution is 0.0697. The summed E-state index contributed by atoms with van der Waals surface area (Å²) in [5.74, 6) is -0.973. The Morgan fingerprint density at radius 1 is 1.38 bits per heavy atom. The fraction of sp³-hybridized carbons (Fsp3) is 0.0667. The first-order chi connectivity index (χ1) is 10.1. The van der Waals surface area contributed by atoms with E-state index in [0.717, 1.165) is 20.6 Å². The molecule has 0 aliphatic carbocycles. The summed E-state index contributed by atoms with van der Waals surface area (Å²) in [6.07, 6.45) is 1.55. The number of halogens is 1. The molecule has 21 heavy (non-hydrogen) atoms. The molecule has 4 nitrogen and oxygen atoms in total. The summed E-state index contributed by atoms with van der Waals surface area (Å²) in [6, 6.07) is 9.54. The highest BCUT2D eigenvalue weighted by atomic mass is 79.9. The normalized spacial score (nSPS) is 10.8. The number of nitrogens with zero attached hydrogens (tertiary/aromatic N) is 2. The lowest BCUT2D eigenvalue weighted by Gasteiger charge is -2.01. The van der Waals surface area contributed by atoms with Gasteiger partial charge >= 0.3 is 5.97 Å². The van der Waals surface area contributed by atoms with Gasteiger partial charge in [0.15, 0.2) is 0 Å². The molecular formula is C15H11BrN2O2S. The Bertz CT molecular complexity index is 823. The number of benzene rings is 1. The summed E-state index contributed by atoms with van der Waals surface area (Å²) < 4.78 is 2.52. The van der Waals surface area contributed by atoms with Crippen molar-refractivity contribution in [1.29, 1.82) is 0 Å². The molecule has 0 aliphatic rings.